The molecule has 0 fully saturated rings. The first-order valence-corrected chi connectivity index (χ1v) is 11.0. The zero-order valence-corrected chi connectivity index (χ0v) is 16.4. The van der Waals surface area contributed by atoms with Gasteiger partial charge in [-0.05, 0) is 55.5 Å². The van der Waals surface area contributed by atoms with Crippen LogP contribution in [0, 0.1) is 6.92 Å². The molecule has 27 heavy (non-hydrogen) atoms. The van der Waals surface area contributed by atoms with Crippen LogP contribution in [0.4, 0.5) is 0 Å². The van der Waals surface area contributed by atoms with Crippen molar-refractivity contribution in [2.24, 2.45) is 0 Å². The minimum atomic E-state index is -3.54. The highest BCUT2D eigenvalue weighted by Crippen LogP contribution is 2.35. The number of hydrogen-bond acceptors (Lipinski definition) is 5. The lowest BCUT2D eigenvalue weighted by Crippen LogP contribution is -2.38. The minimum Gasteiger partial charge on any atom is -0.268 e. The Kier molecular flexibility index (Phi) is 4.71. The molecule has 2 N–H and O–H groups in total. The number of thiophene rings is 1. The van der Waals surface area contributed by atoms with Crippen molar-refractivity contribution >= 4 is 21.4 Å². The Hall–Kier alpha value is -2.29. The fraction of sp³-hybridized carbons (Fsp3) is 0.263. The van der Waals surface area contributed by atoms with Gasteiger partial charge in [-0.15, -0.1) is 11.3 Å². The Morgan fingerprint density at radius 2 is 2.04 bits per heavy atom. The van der Waals surface area contributed by atoms with Gasteiger partial charge in [0.25, 0.3) is 5.56 Å². The number of nitrogens with zero attached hydrogens (tertiary/aromatic N) is 1. The summed E-state index contributed by atoms with van der Waals surface area (Å²) in [5.74, 6) is 0. The maximum Gasteiger partial charge on any atom is 0.264 e. The molecular formula is C19H19N3O3S2. The van der Waals surface area contributed by atoms with Crippen molar-refractivity contribution in [3.63, 3.8) is 0 Å². The highest BCUT2D eigenvalue weighted by atomic mass is 32.2. The molecule has 2 aromatic heterocycles. The molecule has 0 radical (unpaired) electrons. The summed E-state index contributed by atoms with van der Waals surface area (Å²) in [5, 5.41) is 6.53. The topological polar surface area (TPSA) is 91.9 Å². The van der Waals surface area contributed by atoms with Crippen LogP contribution in [0.15, 0.2) is 52.2 Å². The second-order valence-corrected chi connectivity index (χ2v) is 9.51. The van der Waals surface area contributed by atoms with E-state index in [2.05, 4.69) is 21.0 Å². The van der Waals surface area contributed by atoms with Crippen molar-refractivity contribution in [2.45, 2.75) is 37.1 Å². The van der Waals surface area contributed by atoms with Crippen molar-refractivity contribution < 1.29 is 8.42 Å². The van der Waals surface area contributed by atoms with Gasteiger partial charge in [-0.1, -0.05) is 18.2 Å². The van der Waals surface area contributed by atoms with E-state index in [4.69, 9.17) is 0 Å². The smallest absolute Gasteiger partial charge is 0.264 e. The quantitative estimate of drug-likeness (QED) is 0.703. The SMILES string of the molecule is Cc1ccccc1S(=O)(=O)NC1CCc2sc(-c3ccc(=O)[nH]n3)cc2C1. The number of aromatic nitrogens is 2. The minimum absolute atomic E-state index is 0.131. The second kappa shape index (κ2) is 7.03. The average molecular weight is 402 g/mol. The van der Waals surface area contributed by atoms with Gasteiger partial charge in [0.05, 0.1) is 9.77 Å². The average Bonchev–Trinajstić information content (AvgIpc) is 3.05. The van der Waals surface area contributed by atoms with Crippen LogP contribution in [0.25, 0.3) is 10.6 Å². The predicted octanol–water partition coefficient (Wildman–Crippen LogP) is 2.64. The lowest BCUT2D eigenvalue weighted by molar-refractivity contribution is 0.510. The Morgan fingerprint density at radius 1 is 1.22 bits per heavy atom. The molecule has 0 spiro atoms. The summed E-state index contributed by atoms with van der Waals surface area (Å²) in [6.45, 7) is 1.80. The summed E-state index contributed by atoms with van der Waals surface area (Å²) in [6.07, 6.45) is 2.24. The number of sulfonamides is 1. The van der Waals surface area contributed by atoms with E-state index in [0.717, 1.165) is 34.5 Å². The molecule has 0 saturated carbocycles. The summed E-state index contributed by atoms with van der Waals surface area (Å²) < 4.78 is 28.3. The molecule has 3 aromatic rings. The van der Waals surface area contributed by atoms with E-state index in [0.29, 0.717) is 11.3 Å². The molecule has 4 rings (SSSR count). The summed E-state index contributed by atoms with van der Waals surface area (Å²) in [7, 11) is -3.54. The maximum atomic E-state index is 12.7. The molecule has 0 saturated heterocycles. The van der Waals surface area contributed by atoms with Crippen LogP contribution in [-0.4, -0.2) is 24.7 Å². The molecular weight excluding hydrogens is 382 g/mol. The van der Waals surface area contributed by atoms with E-state index < -0.39 is 10.0 Å². The van der Waals surface area contributed by atoms with E-state index >= 15 is 0 Å². The van der Waals surface area contributed by atoms with Gasteiger partial charge in [0.1, 0.15) is 5.69 Å². The Bertz CT molecular complexity index is 1130. The zero-order chi connectivity index (χ0) is 19.0. The van der Waals surface area contributed by atoms with Crippen LogP contribution in [-0.2, 0) is 22.9 Å². The normalized spacial score (nSPS) is 16.9. The van der Waals surface area contributed by atoms with Crippen molar-refractivity contribution in [1.82, 2.24) is 14.9 Å². The molecule has 1 aliphatic rings. The van der Waals surface area contributed by atoms with E-state index in [1.165, 1.54) is 10.9 Å². The number of benzene rings is 1. The van der Waals surface area contributed by atoms with Crippen LogP contribution in [0.3, 0.4) is 0 Å². The van der Waals surface area contributed by atoms with Crippen LogP contribution < -0.4 is 10.3 Å². The number of fused-ring (bicyclic) bond motifs is 1. The molecule has 0 amide bonds. The van der Waals surface area contributed by atoms with Crippen molar-refractivity contribution in [2.75, 3.05) is 0 Å². The van der Waals surface area contributed by atoms with Gasteiger partial charge in [-0.25, -0.2) is 18.2 Å². The largest absolute Gasteiger partial charge is 0.268 e. The summed E-state index contributed by atoms with van der Waals surface area (Å²) in [5.41, 5.74) is 2.38. The molecule has 1 unspecified atom stereocenters. The third kappa shape index (κ3) is 3.73. The first-order valence-electron chi connectivity index (χ1n) is 8.68. The van der Waals surface area contributed by atoms with Gasteiger partial charge in [-0.3, -0.25) is 4.79 Å². The van der Waals surface area contributed by atoms with E-state index in [1.807, 2.05) is 6.07 Å². The van der Waals surface area contributed by atoms with Crippen LogP contribution in [0.1, 0.15) is 22.4 Å². The third-order valence-electron chi connectivity index (χ3n) is 4.72. The Morgan fingerprint density at radius 3 is 2.78 bits per heavy atom. The first kappa shape index (κ1) is 18.1. The van der Waals surface area contributed by atoms with E-state index in [-0.39, 0.29) is 11.6 Å². The number of hydrogen-bond donors (Lipinski definition) is 2. The van der Waals surface area contributed by atoms with Crippen molar-refractivity contribution in [1.29, 1.82) is 0 Å². The number of aryl methyl sites for hydroxylation is 2. The molecule has 1 aliphatic carbocycles. The highest BCUT2D eigenvalue weighted by molar-refractivity contribution is 7.89. The summed E-state index contributed by atoms with van der Waals surface area (Å²) >= 11 is 1.65. The van der Waals surface area contributed by atoms with Gasteiger partial charge in [0.2, 0.25) is 10.0 Å². The summed E-state index contributed by atoms with van der Waals surface area (Å²) in [4.78, 5) is 13.8. The zero-order valence-electron chi connectivity index (χ0n) is 14.7. The lowest BCUT2D eigenvalue weighted by atomic mass is 9.95. The molecule has 6 nitrogen and oxygen atoms in total. The molecule has 1 aromatic carbocycles. The van der Waals surface area contributed by atoms with Gasteiger partial charge in [0, 0.05) is 17.0 Å². The van der Waals surface area contributed by atoms with E-state index in [1.54, 1.807) is 42.5 Å². The molecule has 0 bridgehead atoms. The number of aromatic amines is 1. The Labute approximate surface area is 161 Å². The number of rotatable bonds is 4. The molecule has 140 valence electrons. The van der Waals surface area contributed by atoms with Gasteiger partial charge >= 0.3 is 0 Å². The molecule has 1 atom stereocenters. The van der Waals surface area contributed by atoms with Crippen LogP contribution in [0.2, 0.25) is 0 Å². The first-order chi connectivity index (χ1) is 12.9. The predicted molar refractivity (Wildman–Crippen MR) is 105 cm³/mol. The fourth-order valence-electron chi connectivity index (χ4n) is 3.37. The van der Waals surface area contributed by atoms with Gasteiger partial charge in [-0.2, -0.15) is 5.10 Å². The molecule has 8 heteroatoms. The fourth-order valence-corrected chi connectivity index (χ4v) is 6.07. The van der Waals surface area contributed by atoms with Gasteiger partial charge < -0.3 is 0 Å². The Balaban J connectivity index is 1.54. The van der Waals surface area contributed by atoms with Crippen molar-refractivity contribution in [3.05, 3.63) is 68.8 Å². The van der Waals surface area contributed by atoms with Crippen LogP contribution >= 0.6 is 11.3 Å². The standard InChI is InChI=1S/C19H19N3O3S2/c1-12-4-2-3-5-18(12)27(24,25)22-14-6-8-16-13(10-14)11-17(26-16)15-7-9-19(23)21-20-15/h2-5,7,9,11,14,22H,6,8,10H2,1H3,(H,21,23). The third-order valence-corrected chi connectivity index (χ3v) is 7.66. The summed E-state index contributed by atoms with van der Waals surface area (Å²) in [6, 6.07) is 12.1. The molecule has 0 aliphatic heterocycles. The number of nitrogens with one attached hydrogen (secondary N) is 2. The van der Waals surface area contributed by atoms with Gasteiger partial charge in [0.15, 0.2) is 0 Å². The second-order valence-electron chi connectivity index (χ2n) is 6.69. The number of H-pyrrole nitrogens is 1. The highest BCUT2D eigenvalue weighted by Gasteiger charge is 2.27. The van der Waals surface area contributed by atoms with Crippen LogP contribution in [0.5, 0.6) is 0 Å². The van der Waals surface area contributed by atoms with Crippen molar-refractivity contribution in [3.8, 4) is 10.6 Å². The maximum absolute atomic E-state index is 12.7. The van der Waals surface area contributed by atoms with E-state index in [9.17, 15) is 13.2 Å². The monoisotopic (exact) mass is 401 g/mol. The molecule has 2 heterocycles. The lowest BCUT2D eigenvalue weighted by Gasteiger charge is -2.23.